The van der Waals surface area contributed by atoms with E-state index < -0.39 is 11.6 Å². The van der Waals surface area contributed by atoms with E-state index in [1.807, 2.05) is 97.1 Å². The number of hydrogen-bond donors (Lipinski definition) is 7. The Morgan fingerprint density at radius 1 is 0.500 bits per heavy atom. The number of ketones is 2. The van der Waals surface area contributed by atoms with Gasteiger partial charge in [-0.3, -0.25) is 9.59 Å². The van der Waals surface area contributed by atoms with Crippen LogP contribution in [0.5, 0.6) is 0 Å². The number of aliphatic hydroxyl groups excluding tert-OH is 3. The Morgan fingerprint density at radius 2 is 0.872 bits per heavy atom. The van der Waals surface area contributed by atoms with Gasteiger partial charge in [0.05, 0.1) is 23.5 Å². The van der Waals surface area contributed by atoms with Crippen LogP contribution >= 0.6 is 0 Å². The van der Waals surface area contributed by atoms with Crippen LogP contribution in [-0.2, 0) is 25.7 Å². The first-order valence-electron chi connectivity index (χ1n) is 25.3. The number of nitriles is 1. The van der Waals surface area contributed by atoms with Crippen LogP contribution in [0.2, 0.25) is 0 Å². The topological polar surface area (TPSA) is 246 Å². The molecule has 0 saturated carbocycles. The van der Waals surface area contributed by atoms with Crippen molar-refractivity contribution in [3.8, 4) is 6.07 Å². The van der Waals surface area contributed by atoms with Gasteiger partial charge in [0.25, 0.3) is 0 Å². The minimum absolute atomic E-state index is 0.00872. The third-order valence-electron chi connectivity index (χ3n) is 13.1. The van der Waals surface area contributed by atoms with E-state index in [9.17, 15) is 30.2 Å². The predicted molar refractivity (Wildman–Crippen MR) is 302 cm³/mol. The van der Waals surface area contributed by atoms with Gasteiger partial charge in [0, 0.05) is 70.4 Å². The molecule has 388 valence electrons. The van der Waals surface area contributed by atoms with E-state index in [1.165, 1.54) is 29.8 Å². The van der Waals surface area contributed by atoms with Crippen molar-refractivity contribution in [1.29, 1.82) is 5.26 Å². The summed E-state index contributed by atoms with van der Waals surface area (Å²) in [6.45, 7) is 13.8. The largest absolute Gasteiger partial charge is 0.396 e. The van der Waals surface area contributed by atoms with Gasteiger partial charge in [-0.05, 0) is 152 Å². The molecule has 0 fully saturated rings. The molecule has 8 aromatic rings. The van der Waals surface area contributed by atoms with Gasteiger partial charge in [0.1, 0.15) is 23.3 Å². The summed E-state index contributed by atoms with van der Waals surface area (Å²) < 4.78 is 0. The van der Waals surface area contributed by atoms with E-state index in [0.717, 1.165) is 35.2 Å². The van der Waals surface area contributed by atoms with Crippen molar-refractivity contribution in [2.75, 3.05) is 41.1 Å². The van der Waals surface area contributed by atoms with Crippen molar-refractivity contribution in [2.45, 2.75) is 52.9 Å². The Bertz CT molecular complexity index is 3450. The number of benzene rings is 6. The molecule has 1 aliphatic carbocycles. The highest BCUT2D eigenvalue weighted by atomic mass is 16.3. The second-order valence-corrected chi connectivity index (χ2v) is 18.5. The highest BCUT2D eigenvalue weighted by Crippen LogP contribution is 2.43. The van der Waals surface area contributed by atoms with Gasteiger partial charge in [-0.1, -0.05) is 61.9 Å². The molecule has 17 nitrogen and oxygen atoms in total. The monoisotopic (exact) mass is 1030 g/mol. The number of fused-ring (bicyclic) bond motifs is 2. The van der Waals surface area contributed by atoms with Crippen LogP contribution in [0, 0.1) is 31.8 Å². The molecule has 2 aromatic heterocycles. The number of nitrogens with zero attached hydrogens (tertiary/aromatic N) is 8. The third-order valence-corrected chi connectivity index (χ3v) is 13.1. The number of anilines is 8. The van der Waals surface area contributed by atoms with Gasteiger partial charge < -0.3 is 36.6 Å². The van der Waals surface area contributed by atoms with Gasteiger partial charge in [-0.25, -0.2) is 14.8 Å². The van der Waals surface area contributed by atoms with Crippen LogP contribution in [0.1, 0.15) is 84.1 Å². The molecule has 0 bridgehead atoms. The maximum atomic E-state index is 14.2. The van der Waals surface area contributed by atoms with Gasteiger partial charge in [-0.15, -0.1) is 10.2 Å². The molecule has 6 aromatic carbocycles. The molecule has 0 radical (unpaired) electrons. The lowest BCUT2D eigenvalue weighted by Crippen LogP contribution is -2.20. The zero-order chi connectivity index (χ0) is 54.7. The lowest BCUT2D eigenvalue weighted by molar-refractivity contribution is 0.0979. The quantitative estimate of drug-likeness (QED) is 0.0278. The van der Waals surface area contributed by atoms with Crippen LogP contribution in [0.15, 0.2) is 154 Å². The normalized spacial score (nSPS) is 11.8. The molecule has 78 heavy (non-hydrogen) atoms. The second kappa shape index (κ2) is 24.3. The number of aryl methyl sites for hydroxylation is 1. The predicted octanol–water partition coefficient (Wildman–Crippen LogP) is 13.7. The molecule has 0 atom stereocenters. The van der Waals surface area contributed by atoms with Crippen LogP contribution in [0.3, 0.4) is 0 Å². The second-order valence-electron chi connectivity index (χ2n) is 18.5. The summed E-state index contributed by atoms with van der Waals surface area (Å²) >= 11 is 0. The van der Waals surface area contributed by atoms with Crippen LogP contribution in [0.25, 0.3) is 4.85 Å². The first-order valence-corrected chi connectivity index (χ1v) is 25.3. The third kappa shape index (κ3) is 11.8. The summed E-state index contributed by atoms with van der Waals surface area (Å²) in [6.07, 6.45) is 3.46. The van der Waals surface area contributed by atoms with Gasteiger partial charge >= 0.3 is 0 Å². The molecule has 0 amide bonds. The summed E-state index contributed by atoms with van der Waals surface area (Å²) in [7, 11) is 0. The number of pyridine rings is 2. The fourth-order valence-corrected chi connectivity index (χ4v) is 8.96. The molecule has 1 aliphatic rings. The smallest absolute Gasteiger partial charge is 0.233 e. The van der Waals surface area contributed by atoms with Crippen LogP contribution in [0.4, 0.5) is 74.5 Å². The molecule has 0 saturated heterocycles. The average Bonchev–Trinajstić information content (AvgIpc) is 3.50. The fourth-order valence-electron chi connectivity index (χ4n) is 8.96. The Morgan fingerprint density at radius 3 is 1.26 bits per heavy atom. The van der Waals surface area contributed by atoms with E-state index in [4.69, 9.17) is 16.5 Å². The van der Waals surface area contributed by atoms with Gasteiger partial charge in [-0.2, -0.15) is 15.5 Å². The van der Waals surface area contributed by atoms with E-state index in [0.29, 0.717) is 59.1 Å². The summed E-state index contributed by atoms with van der Waals surface area (Å²) in [5, 5.41) is 70.3. The zero-order valence-corrected chi connectivity index (χ0v) is 43.1. The minimum Gasteiger partial charge on any atom is -0.396 e. The Kier molecular flexibility index (Phi) is 16.5. The van der Waals surface area contributed by atoms with Crippen molar-refractivity contribution >= 4 is 86.0 Å². The SMILES string of the molecule is [C-]#[N+]c1c(Nc2ccc(CCO)cc2)nc(Nc2ccc(CCO)cc2)c(N=Nc2ccc3c(c2)C(=O)c2ccc(N=Nc4c(Nc5ccc(CCO)cc5)nc(Nc5ccc(CCC)cc5)c(C#N)c4C)cc2C3=O)c1C. The van der Waals surface area contributed by atoms with Gasteiger partial charge in [0.15, 0.2) is 29.0 Å². The number of aliphatic hydroxyl groups is 3. The number of azo groups is 2. The first kappa shape index (κ1) is 53.1. The number of hydrogen-bond acceptors (Lipinski definition) is 16. The number of aromatic nitrogens is 2. The van der Waals surface area contributed by atoms with Gasteiger partial charge in [0.2, 0.25) is 5.69 Å². The summed E-state index contributed by atoms with van der Waals surface area (Å²) in [4.78, 5) is 42.0. The average molecular weight is 1040 g/mol. The first-order chi connectivity index (χ1) is 38.0. The standard InChI is InChI=1S/C61H54N12O5/c1-5-6-38-7-15-42(16-8-38)64-58-52(35-62)36(2)54(60(68-58)66-44-19-11-40(12-20-44)28-31-75)72-70-46-23-25-48-50(33-46)56(77)49-26-24-47(34-51(49)57(48)78)71-73-55-37(3)53(63-4)59(65-43-17-9-39(10-18-43)27-30-74)69-61(55)67-45-21-13-41(14-22-45)29-32-76/h7-26,33-34,74-76H,5-6,27-32H2,1-3H3,(H2,64,66,68)(H2,65,67,69). The molecule has 7 N–H and O–H groups in total. The summed E-state index contributed by atoms with van der Waals surface area (Å²) in [5.74, 6) is 0.388. The van der Waals surface area contributed by atoms with Crippen molar-refractivity contribution < 1.29 is 24.9 Å². The number of carbonyl (C=O) groups excluding carboxylic acids is 2. The molecular formula is C61H54N12O5. The number of rotatable bonds is 20. The van der Waals surface area contributed by atoms with Crippen LogP contribution in [-0.4, -0.2) is 56.7 Å². The molecule has 9 rings (SSSR count). The molecule has 2 heterocycles. The fraction of sp³-hybridized carbons (Fsp3) is 0.180. The number of nitrogens with one attached hydrogen (secondary N) is 4. The Hall–Kier alpha value is -9.78. The van der Waals surface area contributed by atoms with E-state index in [2.05, 4.69) is 59.6 Å². The van der Waals surface area contributed by atoms with E-state index in [-0.39, 0.29) is 87.7 Å². The maximum Gasteiger partial charge on any atom is 0.233 e. The zero-order valence-electron chi connectivity index (χ0n) is 43.1. The maximum absolute atomic E-state index is 14.2. The van der Waals surface area contributed by atoms with E-state index >= 15 is 0 Å². The van der Waals surface area contributed by atoms with Crippen molar-refractivity contribution in [3.05, 3.63) is 206 Å². The van der Waals surface area contributed by atoms with E-state index in [1.54, 1.807) is 26.0 Å². The Labute approximate surface area is 451 Å². The van der Waals surface area contributed by atoms with Crippen molar-refractivity contribution in [2.24, 2.45) is 20.5 Å². The molecular weight excluding hydrogens is 981 g/mol. The molecule has 17 heteroatoms. The highest BCUT2D eigenvalue weighted by Gasteiger charge is 2.31. The summed E-state index contributed by atoms with van der Waals surface area (Å²) in [5.41, 5.74) is 9.96. The Balaban J connectivity index is 1.01. The lowest BCUT2D eigenvalue weighted by Gasteiger charge is -2.18. The number of carbonyl (C=O) groups is 2. The highest BCUT2D eigenvalue weighted by molar-refractivity contribution is 6.28. The molecule has 0 unspecified atom stereocenters. The molecule has 0 spiro atoms. The minimum atomic E-state index is -0.404. The summed E-state index contributed by atoms with van der Waals surface area (Å²) in [6, 6.07) is 41.9. The van der Waals surface area contributed by atoms with Crippen molar-refractivity contribution in [1.82, 2.24) is 9.97 Å². The lowest BCUT2D eigenvalue weighted by atomic mass is 9.83. The molecule has 0 aliphatic heterocycles. The van der Waals surface area contributed by atoms with Crippen molar-refractivity contribution in [3.63, 3.8) is 0 Å². The van der Waals surface area contributed by atoms with Crippen LogP contribution < -0.4 is 21.3 Å².